The van der Waals surface area contributed by atoms with Gasteiger partial charge in [-0.15, -0.1) is 12.4 Å². The van der Waals surface area contributed by atoms with Gasteiger partial charge in [0, 0.05) is 18.5 Å². The lowest BCUT2D eigenvalue weighted by Gasteiger charge is -2.39. The number of benzene rings is 2. The summed E-state index contributed by atoms with van der Waals surface area (Å²) in [4.78, 5) is 2.43. The standard InChI is InChI=1S/C23H30N2O2.ClH/c1-25(16-19-7-3-2-4-8-19)14-6-12-23(11-5-13-24-17-23)20-9-10-21-22(15-20)27-18-26-21;/h2-4,7-10,15,24H,5-6,11-14,16-18H2,1H3;1H. The van der Waals surface area contributed by atoms with Crippen molar-refractivity contribution in [3.8, 4) is 11.5 Å². The molecule has 4 rings (SSSR count). The van der Waals surface area contributed by atoms with Crippen molar-refractivity contribution in [1.29, 1.82) is 0 Å². The van der Waals surface area contributed by atoms with E-state index in [0.29, 0.717) is 6.79 Å². The fourth-order valence-corrected chi connectivity index (χ4v) is 4.46. The van der Waals surface area contributed by atoms with Gasteiger partial charge in [-0.25, -0.2) is 0 Å². The average molecular weight is 403 g/mol. The summed E-state index contributed by atoms with van der Waals surface area (Å²) in [5.41, 5.74) is 2.97. The second-order valence-electron chi connectivity index (χ2n) is 7.96. The van der Waals surface area contributed by atoms with Crippen molar-refractivity contribution in [3.63, 3.8) is 0 Å². The maximum absolute atomic E-state index is 5.63. The zero-order chi connectivity index (χ0) is 18.5. The number of nitrogens with one attached hydrogen (secondary N) is 1. The third-order valence-corrected chi connectivity index (χ3v) is 5.95. The van der Waals surface area contributed by atoms with Crippen LogP contribution in [0, 0.1) is 0 Å². The largest absolute Gasteiger partial charge is 0.454 e. The number of hydrogen-bond acceptors (Lipinski definition) is 4. The fraction of sp³-hybridized carbons (Fsp3) is 0.478. The first kappa shape index (κ1) is 21.0. The van der Waals surface area contributed by atoms with Crippen molar-refractivity contribution >= 4 is 12.4 Å². The van der Waals surface area contributed by atoms with E-state index in [2.05, 4.69) is 65.8 Å². The second-order valence-corrected chi connectivity index (χ2v) is 7.96. The van der Waals surface area contributed by atoms with Crippen molar-refractivity contribution in [2.24, 2.45) is 0 Å². The molecule has 0 saturated carbocycles. The van der Waals surface area contributed by atoms with Gasteiger partial charge in [0.05, 0.1) is 0 Å². The first-order valence-electron chi connectivity index (χ1n) is 10.1. The summed E-state index contributed by atoms with van der Waals surface area (Å²) in [5, 5.41) is 3.63. The average Bonchev–Trinajstić information content (AvgIpc) is 3.17. The maximum Gasteiger partial charge on any atom is 0.231 e. The number of hydrogen-bond donors (Lipinski definition) is 1. The van der Waals surface area contributed by atoms with Crippen LogP contribution >= 0.6 is 12.4 Å². The third-order valence-electron chi connectivity index (χ3n) is 5.95. The van der Waals surface area contributed by atoms with Crippen LogP contribution in [0.15, 0.2) is 48.5 Å². The van der Waals surface area contributed by atoms with Crippen molar-refractivity contribution in [3.05, 3.63) is 59.7 Å². The molecule has 1 fully saturated rings. The van der Waals surface area contributed by atoms with Gasteiger partial charge in [0.1, 0.15) is 0 Å². The zero-order valence-electron chi connectivity index (χ0n) is 16.7. The molecule has 152 valence electrons. The SMILES string of the molecule is CN(CCCC1(c2ccc3c(c2)OCO3)CCCNC1)Cc1ccccc1.Cl. The van der Waals surface area contributed by atoms with Gasteiger partial charge in [-0.3, -0.25) is 0 Å². The lowest BCUT2D eigenvalue weighted by Crippen LogP contribution is -2.43. The van der Waals surface area contributed by atoms with Gasteiger partial charge in [0.15, 0.2) is 11.5 Å². The number of halogens is 1. The molecule has 4 nitrogen and oxygen atoms in total. The quantitative estimate of drug-likeness (QED) is 0.745. The van der Waals surface area contributed by atoms with E-state index in [4.69, 9.17) is 9.47 Å². The predicted molar refractivity (Wildman–Crippen MR) is 116 cm³/mol. The molecule has 2 aromatic rings. The van der Waals surface area contributed by atoms with E-state index < -0.39 is 0 Å². The summed E-state index contributed by atoms with van der Waals surface area (Å²) >= 11 is 0. The van der Waals surface area contributed by atoms with Crippen LogP contribution in [0.25, 0.3) is 0 Å². The molecule has 2 aromatic carbocycles. The first-order chi connectivity index (χ1) is 13.3. The van der Waals surface area contributed by atoms with Gasteiger partial charge in [-0.05, 0) is 69.1 Å². The molecule has 5 heteroatoms. The maximum atomic E-state index is 5.63. The van der Waals surface area contributed by atoms with Crippen molar-refractivity contribution < 1.29 is 9.47 Å². The Balaban J connectivity index is 0.00000225. The highest BCUT2D eigenvalue weighted by atomic mass is 35.5. The highest BCUT2D eigenvalue weighted by Crippen LogP contribution is 2.41. The van der Waals surface area contributed by atoms with Crippen molar-refractivity contribution in [2.75, 3.05) is 33.5 Å². The van der Waals surface area contributed by atoms with E-state index in [-0.39, 0.29) is 17.8 Å². The van der Waals surface area contributed by atoms with Gasteiger partial charge in [0.2, 0.25) is 6.79 Å². The van der Waals surface area contributed by atoms with Crippen LogP contribution < -0.4 is 14.8 Å². The molecule has 0 spiro atoms. The Labute approximate surface area is 174 Å². The van der Waals surface area contributed by atoms with Gasteiger partial charge in [0.25, 0.3) is 0 Å². The Hall–Kier alpha value is -1.75. The van der Waals surface area contributed by atoms with Crippen LogP contribution in [-0.2, 0) is 12.0 Å². The monoisotopic (exact) mass is 402 g/mol. The summed E-state index contributed by atoms with van der Waals surface area (Å²) in [7, 11) is 2.22. The molecule has 2 aliphatic heterocycles. The summed E-state index contributed by atoms with van der Waals surface area (Å²) in [6.07, 6.45) is 4.86. The predicted octanol–water partition coefficient (Wildman–Crippen LogP) is 4.37. The Morgan fingerprint density at radius 3 is 2.68 bits per heavy atom. The molecule has 1 N–H and O–H groups in total. The minimum atomic E-state index is 0. The van der Waals surface area contributed by atoms with Gasteiger partial charge >= 0.3 is 0 Å². The van der Waals surface area contributed by atoms with E-state index in [1.54, 1.807) is 0 Å². The highest BCUT2D eigenvalue weighted by molar-refractivity contribution is 5.85. The molecule has 28 heavy (non-hydrogen) atoms. The Kier molecular flexibility index (Phi) is 7.22. The van der Waals surface area contributed by atoms with Crippen LogP contribution in [0.5, 0.6) is 11.5 Å². The molecule has 1 saturated heterocycles. The first-order valence-corrected chi connectivity index (χ1v) is 10.1. The van der Waals surface area contributed by atoms with E-state index >= 15 is 0 Å². The summed E-state index contributed by atoms with van der Waals surface area (Å²) < 4.78 is 11.1. The van der Waals surface area contributed by atoms with Gasteiger partial charge in [-0.1, -0.05) is 36.4 Å². The molecule has 0 radical (unpaired) electrons. The highest BCUT2D eigenvalue weighted by Gasteiger charge is 2.34. The molecule has 0 aromatic heterocycles. The molecule has 2 heterocycles. The van der Waals surface area contributed by atoms with Crippen molar-refractivity contribution in [2.45, 2.75) is 37.6 Å². The lowest BCUT2D eigenvalue weighted by atomic mass is 9.71. The van der Waals surface area contributed by atoms with E-state index in [9.17, 15) is 0 Å². The van der Waals surface area contributed by atoms with E-state index in [1.807, 2.05) is 0 Å². The molecule has 0 amide bonds. The number of rotatable bonds is 7. The molecule has 0 aliphatic carbocycles. The molecule has 0 bridgehead atoms. The van der Waals surface area contributed by atoms with Crippen LogP contribution in [-0.4, -0.2) is 38.4 Å². The van der Waals surface area contributed by atoms with Crippen LogP contribution in [0.1, 0.15) is 36.8 Å². The molecular formula is C23H31ClN2O2. The second kappa shape index (κ2) is 9.64. The molecule has 2 aliphatic rings. The number of fused-ring (bicyclic) bond motifs is 1. The number of nitrogens with zero attached hydrogens (tertiary/aromatic N) is 1. The molecular weight excluding hydrogens is 372 g/mol. The normalized spacial score (nSPS) is 20.8. The minimum Gasteiger partial charge on any atom is -0.454 e. The van der Waals surface area contributed by atoms with E-state index in [0.717, 1.165) is 37.7 Å². The van der Waals surface area contributed by atoms with Crippen LogP contribution in [0.4, 0.5) is 0 Å². The third kappa shape index (κ3) is 4.80. The smallest absolute Gasteiger partial charge is 0.231 e. The van der Waals surface area contributed by atoms with Crippen LogP contribution in [0.2, 0.25) is 0 Å². The fourth-order valence-electron chi connectivity index (χ4n) is 4.46. The lowest BCUT2D eigenvalue weighted by molar-refractivity contribution is 0.173. The van der Waals surface area contributed by atoms with Crippen LogP contribution in [0.3, 0.4) is 0 Å². The van der Waals surface area contributed by atoms with E-state index in [1.165, 1.54) is 36.8 Å². The summed E-state index contributed by atoms with van der Waals surface area (Å²) in [5.74, 6) is 1.78. The Morgan fingerprint density at radius 2 is 1.89 bits per heavy atom. The summed E-state index contributed by atoms with van der Waals surface area (Å²) in [6.45, 7) is 4.64. The summed E-state index contributed by atoms with van der Waals surface area (Å²) in [6, 6.07) is 17.3. The number of ether oxygens (including phenoxy) is 2. The molecule has 1 unspecified atom stereocenters. The molecule has 1 atom stereocenters. The Bertz CT molecular complexity index is 748. The zero-order valence-corrected chi connectivity index (χ0v) is 17.5. The number of piperidine rings is 1. The van der Waals surface area contributed by atoms with Crippen molar-refractivity contribution in [1.82, 2.24) is 10.2 Å². The van der Waals surface area contributed by atoms with Gasteiger partial charge < -0.3 is 19.7 Å². The minimum absolute atomic E-state index is 0. The van der Waals surface area contributed by atoms with Gasteiger partial charge in [-0.2, -0.15) is 0 Å². The topological polar surface area (TPSA) is 33.7 Å². The Morgan fingerprint density at radius 1 is 1.07 bits per heavy atom.